The number of hydrogen-bond acceptors (Lipinski definition) is 4. The predicted octanol–water partition coefficient (Wildman–Crippen LogP) is 2.98. The lowest BCUT2D eigenvalue weighted by atomic mass is 9.95. The molecule has 1 aliphatic carbocycles. The number of carbonyl (C=O) groups excluding carboxylic acids is 2. The van der Waals surface area contributed by atoms with E-state index in [1.165, 1.54) is 0 Å². The summed E-state index contributed by atoms with van der Waals surface area (Å²) in [5.41, 5.74) is 0.681. The molecule has 2 fully saturated rings. The van der Waals surface area contributed by atoms with Gasteiger partial charge in [0, 0.05) is 18.0 Å². The van der Waals surface area contributed by atoms with Crippen molar-refractivity contribution in [1.82, 2.24) is 4.90 Å². The highest BCUT2D eigenvalue weighted by Gasteiger charge is 2.56. The Bertz CT molecular complexity index is 731. The van der Waals surface area contributed by atoms with Crippen LogP contribution < -0.4 is 0 Å². The molecule has 1 saturated carbocycles. The van der Waals surface area contributed by atoms with Crippen LogP contribution in [-0.4, -0.2) is 29.9 Å². The molecule has 1 amide bonds. The summed E-state index contributed by atoms with van der Waals surface area (Å²) in [5, 5.41) is 2.02. The van der Waals surface area contributed by atoms with Crippen LogP contribution in [-0.2, 0) is 26.3 Å². The van der Waals surface area contributed by atoms with E-state index in [2.05, 4.69) is 0 Å². The van der Waals surface area contributed by atoms with Crippen molar-refractivity contribution in [2.45, 2.75) is 24.9 Å². The number of rotatable bonds is 5. The number of benzene rings is 1. The van der Waals surface area contributed by atoms with Gasteiger partial charge in [0.05, 0.1) is 11.3 Å². The molecule has 1 aromatic heterocycles. The van der Waals surface area contributed by atoms with Crippen LogP contribution in [0, 0.1) is 5.92 Å². The van der Waals surface area contributed by atoms with E-state index in [0.717, 1.165) is 23.3 Å². The zero-order valence-electron chi connectivity index (χ0n) is 13.3. The molecule has 1 aliphatic heterocycles. The van der Waals surface area contributed by atoms with Crippen molar-refractivity contribution in [1.29, 1.82) is 0 Å². The zero-order chi connectivity index (χ0) is 16.6. The maximum absolute atomic E-state index is 12.7. The van der Waals surface area contributed by atoms with E-state index in [1.807, 2.05) is 47.8 Å². The lowest BCUT2D eigenvalue weighted by Crippen LogP contribution is -2.56. The molecule has 1 saturated heterocycles. The van der Waals surface area contributed by atoms with Crippen LogP contribution in [0.15, 0.2) is 47.8 Å². The zero-order valence-corrected chi connectivity index (χ0v) is 14.1. The minimum atomic E-state index is -0.299. The minimum absolute atomic E-state index is 0.178. The summed E-state index contributed by atoms with van der Waals surface area (Å²) in [6.07, 6.45) is 1.85. The van der Waals surface area contributed by atoms with Crippen molar-refractivity contribution < 1.29 is 14.3 Å². The molecule has 0 spiro atoms. The van der Waals surface area contributed by atoms with Crippen LogP contribution in [0.3, 0.4) is 0 Å². The first-order valence-electron chi connectivity index (χ1n) is 8.23. The average Bonchev–Trinajstić information content (AvgIpc) is 3.19. The number of hydrogen-bond donors (Lipinski definition) is 0. The molecule has 4 rings (SSSR count). The largest absolute Gasteiger partial charge is 0.460 e. The second-order valence-corrected chi connectivity index (χ2v) is 7.51. The molecule has 4 nitrogen and oxygen atoms in total. The number of thiophene rings is 1. The average molecular weight is 341 g/mol. The fourth-order valence-electron chi connectivity index (χ4n) is 3.18. The van der Waals surface area contributed by atoms with Crippen molar-refractivity contribution in [2.75, 3.05) is 13.1 Å². The summed E-state index contributed by atoms with van der Waals surface area (Å²) < 4.78 is 5.36. The number of ether oxygens (including phenoxy) is 1. The topological polar surface area (TPSA) is 46.6 Å². The van der Waals surface area contributed by atoms with Gasteiger partial charge in [-0.1, -0.05) is 36.4 Å². The molecular formula is C19H19NO3S. The van der Waals surface area contributed by atoms with E-state index in [9.17, 15) is 9.59 Å². The van der Waals surface area contributed by atoms with Gasteiger partial charge in [-0.2, -0.15) is 0 Å². The molecule has 1 aromatic carbocycles. The highest BCUT2D eigenvalue weighted by atomic mass is 32.1. The maximum Gasteiger partial charge on any atom is 0.312 e. The number of likely N-dealkylation sites (tertiary alicyclic amines) is 1. The summed E-state index contributed by atoms with van der Waals surface area (Å²) in [4.78, 5) is 27.8. The van der Waals surface area contributed by atoms with Gasteiger partial charge in [0.2, 0.25) is 5.91 Å². The summed E-state index contributed by atoms with van der Waals surface area (Å²) in [6, 6.07) is 13.7. The molecule has 124 valence electrons. The molecule has 2 aromatic rings. The molecule has 24 heavy (non-hydrogen) atoms. The van der Waals surface area contributed by atoms with Gasteiger partial charge >= 0.3 is 5.97 Å². The van der Waals surface area contributed by atoms with E-state index in [-0.39, 0.29) is 23.2 Å². The van der Waals surface area contributed by atoms with Crippen LogP contribution in [0.1, 0.15) is 23.3 Å². The minimum Gasteiger partial charge on any atom is -0.460 e. The van der Waals surface area contributed by atoms with Gasteiger partial charge in [-0.3, -0.25) is 9.59 Å². The number of esters is 1. The standard InChI is InChI=1S/C19H19NO3S/c21-17(23-13-14-5-2-1-3-6-14)15-11-20(12-15)18(22)19(8-9-19)16-7-4-10-24-16/h1-7,10,15H,8-9,11-13H2. The molecular weight excluding hydrogens is 322 g/mol. The monoisotopic (exact) mass is 341 g/mol. The summed E-state index contributed by atoms with van der Waals surface area (Å²) >= 11 is 1.65. The Labute approximate surface area is 145 Å². The summed E-state index contributed by atoms with van der Waals surface area (Å²) in [5.74, 6) is -0.210. The molecule has 0 radical (unpaired) electrons. The van der Waals surface area contributed by atoms with E-state index in [0.29, 0.717) is 19.7 Å². The molecule has 2 aliphatic rings. The van der Waals surface area contributed by atoms with Gasteiger partial charge in [0.15, 0.2) is 0 Å². The lowest BCUT2D eigenvalue weighted by molar-refractivity contribution is -0.160. The fourth-order valence-corrected chi connectivity index (χ4v) is 4.16. The Hall–Kier alpha value is -2.14. The second-order valence-electron chi connectivity index (χ2n) is 6.56. The molecule has 0 atom stereocenters. The smallest absolute Gasteiger partial charge is 0.312 e. The SMILES string of the molecule is O=C(OCc1ccccc1)C1CN(C(=O)C2(c3cccs3)CC2)C1. The number of amides is 1. The van der Waals surface area contributed by atoms with Crippen molar-refractivity contribution >= 4 is 23.2 Å². The first kappa shape index (κ1) is 15.4. The Morgan fingerprint density at radius 3 is 2.50 bits per heavy atom. The highest BCUT2D eigenvalue weighted by Crippen LogP contribution is 2.52. The van der Waals surface area contributed by atoms with E-state index in [1.54, 1.807) is 16.2 Å². The number of carbonyl (C=O) groups is 2. The highest BCUT2D eigenvalue weighted by molar-refractivity contribution is 7.10. The predicted molar refractivity (Wildman–Crippen MR) is 91.5 cm³/mol. The lowest BCUT2D eigenvalue weighted by Gasteiger charge is -2.39. The maximum atomic E-state index is 12.7. The third-order valence-corrected chi connectivity index (χ3v) is 5.95. The fraction of sp³-hybridized carbons (Fsp3) is 0.368. The quantitative estimate of drug-likeness (QED) is 0.786. The molecule has 0 bridgehead atoms. The Morgan fingerprint density at radius 1 is 1.12 bits per heavy atom. The first-order chi connectivity index (χ1) is 11.7. The van der Waals surface area contributed by atoms with E-state index >= 15 is 0 Å². The van der Waals surface area contributed by atoms with Crippen molar-refractivity contribution in [3.63, 3.8) is 0 Å². The Morgan fingerprint density at radius 2 is 1.88 bits per heavy atom. The van der Waals surface area contributed by atoms with E-state index < -0.39 is 0 Å². The molecule has 0 N–H and O–H groups in total. The third kappa shape index (κ3) is 2.73. The van der Waals surface area contributed by atoms with Crippen LogP contribution in [0.4, 0.5) is 0 Å². The van der Waals surface area contributed by atoms with Gasteiger partial charge < -0.3 is 9.64 Å². The molecule has 0 unspecified atom stereocenters. The number of nitrogens with zero attached hydrogens (tertiary/aromatic N) is 1. The molecule has 5 heteroatoms. The van der Waals surface area contributed by atoms with Gasteiger partial charge in [-0.05, 0) is 29.9 Å². The normalized spacial score (nSPS) is 18.8. The van der Waals surface area contributed by atoms with Crippen LogP contribution in [0.5, 0.6) is 0 Å². The third-order valence-electron chi connectivity index (χ3n) is 4.88. The Kier molecular flexibility index (Phi) is 3.88. The molecule has 2 heterocycles. The van der Waals surface area contributed by atoms with Gasteiger partial charge in [0.25, 0.3) is 0 Å². The summed E-state index contributed by atoms with van der Waals surface area (Å²) in [6.45, 7) is 1.27. The second kappa shape index (κ2) is 6.06. The van der Waals surface area contributed by atoms with Gasteiger partial charge in [-0.15, -0.1) is 11.3 Å². The van der Waals surface area contributed by atoms with Gasteiger partial charge in [0.1, 0.15) is 6.61 Å². The van der Waals surface area contributed by atoms with E-state index in [4.69, 9.17) is 4.74 Å². The van der Waals surface area contributed by atoms with Crippen molar-refractivity contribution in [3.05, 3.63) is 58.3 Å². The Balaban J connectivity index is 1.29. The van der Waals surface area contributed by atoms with Gasteiger partial charge in [-0.25, -0.2) is 0 Å². The first-order valence-corrected chi connectivity index (χ1v) is 9.11. The summed E-state index contributed by atoms with van der Waals surface area (Å²) in [7, 11) is 0. The van der Waals surface area contributed by atoms with Crippen LogP contribution in [0.2, 0.25) is 0 Å². The van der Waals surface area contributed by atoms with Crippen LogP contribution in [0.25, 0.3) is 0 Å². The van der Waals surface area contributed by atoms with Crippen molar-refractivity contribution in [2.24, 2.45) is 5.92 Å². The van der Waals surface area contributed by atoms with Crippen LogP contribution >= 0.6 is 11.3 Å². The van der Waals surface area contributed by atoms with Crippen molar-refractivity contribution in [3.8, 4) is 0 Å².